The molecule has 0 aliphatic carbocycles. The minimum Gasteiger partial charge on any atom is -0.158 e. The van der Waals surface area contributed by atoms with E-state index in [1.807, 2.05) is 11.8 Å². The van der Waals surface area contributed by atoms with Crippen LogP contribution in [0.5, 0.6) is 0 Å². The first-order valence-electron chi connectivity index (χ1n) is 3.61. The molecule has 1 atom stereocenters. The van der Waals surface area contributed by atoms with Crippen LogP contribution in [0.15, 0.2) is 0 Å². The summed E-state index contributed by atoms with van der Waals surface area (Å²) in [4.78, 5) is 0. The van der Waals surface area contributed by atoms with Gasteiger partial charge in [0.2, 0.25) is 0 Å². The number of rotatable bonds is 4. The van der Waals surface area contributed by atoms with Crippen LogP contribution in [0.2, 0.25) is 0 Å². The molecule has 0 fully saturated rings. The van der Waals surface area contributed by atoms with Crippen LogP contribution in [0.4, 0.5) is 0 Å². The quantitative estimate of drug-likeness (QED) is 0.586. The summed E-state index contributed by atoms with van der Waals surface area (Å²) in [6.07, 6.45) is 1.19. The van der Waals surface area contributed by atoms with Gasteiger partial charge in [0.05, 0.1) is 0 Å². The first kappa shape index (κ1) is 9.35. The lowest BCUT2D eigenvalue weighted by Crippen LogP contribution is -1.99. The van der Waals surface area contributed by atoms with Crippen LogP contribution >= 0.6 is 11.8 Å². The van der Waals surface area contributed by atoms with Gasteiger partial charge in [-0.05, 0) is 25.0 Å². The smallest absolute Gasteiger partial charge is 0.00449 e. The summed E-state index contributed by atoms with van der Waals surface area (Å²) < 4.78 is 0. The Kier molecular flexibility index (Phi) is 5.36. The zero-order chi connectivity index (χ0) is 7.28. The van der Waals surface area contributed by atoms with E-state index in [2.05, 4.69) is 27.7 Å². The van der Waals surface area contributed by atoms with E-state index in [0.29, 0.717) is 5.25 Å². The Morgan fingerprint density at radius 1 is 1.44 bits per heavy atom. The van der Waals surface area contributed by atoms with Crippen molar-refractivity contribution in [2.75, 3.05) is 5.75 Å². The van der Waals surface area contributed by atoms with Gasteiger partial charge in [-0.15, -0.1) is 0 Å². The highest BCUT2D eigenvalue weighted by Crippen LogP contribution is 2.15. The van der Waals surface area contributed by atoms with Crippen molar-refractivity contribution in [3.8, 4) is 0 Å². The third-order valence-corrected chi connectivity index (χ3v) is 2.78. The first-order chi connectivity index (χ1) is 4.16. The maximum Gasteiger partial charge on any atom is 0.00449 e. The maximum absolute atomic E-state index is 3.99. The maximum atomic E-state index is 3.99. The van der Waals surface area contributed by atoms with E-state index >= 15 is 0 Å². The Bertz CT molecular complexity index is 59.6. The van der Waals surface area contributed by atoms with Gasteiger partial charge in [-0.25, -0.2) is 0 Å². The fourth-order valence-corrected chi connectivity index (χ4v) is 1.34. The van der Waals surface area contributed by atoms with Gasteiger partial charge in [0, 0.05) is 5.25 Å². The van der Waals surface area contributed by atoms with Crippen LogP contribution in [-0.2, 0) is 0 Å². The van der Waals surface area contributed by atoms with Gasteiger partial charge in [0.15, 0.2) is 0 Å². The van der Waals surface area contributed by atoms with Gasteiger partial charge in [0.1, 0.15) is 0 Å². The average molecular weight is 145 g/mol. The van der Waals surface area contributed by atoms with E-state index in [-0.39, 0.29) is 0 Å². The zero-order valence-electron chi connectivity index (χ0n) is 6.68. The molecular weight excluding hydrogens is 128 g/mol. The fraction of sp³-hybridized carbons (Fsp3) is 0.875. The summed E-state index contributed by atoms with van der Waals surface area (Å²) in [7, 11) is 0. The molecule has 0 saturated carbocycles. The van der Waals surface area contributed by atoms with Crippen LogP contribution in [0.3, 0.4) is 0 Å². The van der Waals surface area contributed by atoms with E-state index in [1.54, 1.807) is 0 Å². The highest BCUT2D eigenvalue weighted by Gasteiger charge is 1.99. The molecule has 0 amide bonds. The third kappa shape index (κ3) is 6.23. The molecule has 55 valence electrons. The van der Waals surface area contributed by atoms with Crippen LogP contribution in [0.1, 0.15) is 27.2 Å². The van der Waals surface area contributed by atoms with Crippen molar-refractivity contribution in [3.05, 3.63) is 6.92 Å². The lowest BCUT2D eigenvalue weighted by atomic mass is 10.3. The van der Waals surface area contributed by atoms with Crippen molar-refractivity contribution in [2.45, 2.75) is 32.4 Å². The number of thioether (sulfide) groups is 1. The second-order valence-electron chi connectivity index (χ2n) is 2.76. The molecule has 0 aromatic carbocycles. The van der Waals surface area contributed by atoms with Gasteiger partial charge in [-0.2, -0.15) is 11.8 Å². The largest absolute Gasteiger partial charge is 0.158 e. The van der Waals surface area contributed by atoms with Crippen molar-refractivity contribution in [2.24, 2.45) is 5.92 Å². The fourth-order valence-electron chi connectivity index (χ4n) is 0.446. The van der Waals surface area contributed by atoms with Gasteiger partial charge >= 0.3 is 0 Å². The van der Waals surface area contributed by atoms with Crippen molar-refractivity contribution < 1.29 is 0 Å². The first-order valence-corrected chi connectivity index (χ1v) is 4.66. The Labute approximate surface area is 63.4 Å². The van der Waals surface area contributed by atoms with Crippen molar-refractivity contribution in [1.82, 2.24) is 0 Å². The molecule has 0 aliphatic rings. The molecule has 0 N–H and O–H groups in total. The summed E-state index contributed by atoms with van der Waals surface area (Å²) >= 11 is 1.97. The molecule has 0 rings (SSSR count). The van der Waals surface area contributed by atoms with Gasteiger partial charge < -0.3 is 0 Å². The zero-order valence-corrected chi connectivity index (χ0v) is 7.50. The minimum atomic E-state index is 0.604. The Morgan fingerprint density at radius 3 is 2.33 bits per heavy atom. The molecule has 1 radical (unpaired) electrons. The molecular formula is C8H17S. The molecule has 1 unspecified atom stereocenters. The molecule has 0 spiro atoms. The second-order valence-corrected chi connectivity index (χ2v) is 4.09. The second kappa shape index (κ2) is 5.16. The summed E-state index contributed by atoms with van der Waals surface area (Å²) in [5.74, 6) is 2.06. The summed E-state index contributed by atoms with van der Waals surface area (Å²) in [5, 5.41) is 0.604. The molecule has 0 heterocycles. The molecule has 0 aromatic rings. The molecule has 1 heteroatoms. The van der Waals surface area contributed by atoms with Crippen LogP contribution in [0, 0.1) is 12.8 Å². The number of hydrogen-bond donors (Lipinski definition) is 0. The topological polar surface area (TPSA) is 0 Å². The molecule has 0 saturated heterocycles. The van der Waals surface area contributed by atoms with Crippen LogP contribution in [0.25, 0.3) is 0 Å². The average Bonchev–Trinajstić information content (AvgIpc) is 1.83. The van der Waals surface area contributed by atoms with Crippen molar-refractivity contribution >= 4 is 11.8 Å². The van der Waals surface area contributed by atoms with E-state index < -0.39 is 0 Å². The predicted octanol–water partition coefficient (Wildman–Crippen LogP) is 2.99. The monoisotopic (exact) mass is 145 g/mol. The standard InChI is InChI=1S/C8H17S/c1-5-8(4)9-6-7(2)3/h7-8H,4-6H2,1-3H3. The highest BCUT2D eigenvalue weighted by atomic mass is 32.2. The Hall–Kier alpha value is 0.350. The van der Waals surface area contributed by atoms with Crippen molar-refractivity contribution in [1.29, 1.82) is 0 Å². The molecule has 0 aliphatic heterocycles. The lowest BCUT2D eigenvalue weighted by molar-refractivity contribution is 0.747. The highest BCUT2D eigenvalue weighted by molar-refractivity contribution is 8.00. The third-order valence-electron chi connectivity index (χ3n) is 1.12. The summed E-state index contributed by atoms with van der Waals surface area (Å²) in [6, 6.07) is 0. The Balaban J connectivity index is 3.06. The predicted molar refractivity (Wildman–Crippen MR) is 46.7 cm³/mol. The van der Waals surface area contributed by atoms with E-state index in [0.717, 1.165) is 5.92 Å². The minimum absolute atomic E-state index is 0.604. The van der Waals surface area contributed by atoms with Crippen LogP contribution < -0.4 is 0 Å². The molecule has 9 heavy (non-hydrogen) atoms. The lowest BCUT2D eigenvalue weighted by Gasteiger charge is -2.08. The summed E-state index contributed by atoms with van der Waals surface area (Å²) in [5.41, 5.74) is 0. The normalized spacial score (nSPS) is 14.3. The van der Waals surface area contributed by atoms with Crippen LogP contribution in [-0.4, -0.2) is 11.0 Å². The van der Waals surface area contributed by atoms with Crippen molar-refractivity contribution in [3.63, 3.8) is 0 Å². The Morgan fingerprint density at radius 2 is 2.00 bits per heavy atom. The van der Waals surface area contributed by atoms with E-state index in [9.17, 15) is 0 Å². The van der Waals surface area contributed by atoms with E-state index in [4.69, 9.17) is 0 Å². The molecule has 0 nitrogen and oxygen atoms in total. The molecule has 0 bridgehead atoms. The number of hydrogen-bond acceptors (Lipinski definition) is 1. The van der Waals surface area contributed by atoms with E-state index in [1.165, 1.54) is 12.2 Å². The summed E-state index contributed by atoms with van der Waals surface area (Å²) in [6.45, 7) is 10.7. The SMILES string of the molecule is [CH2]C(CC)SCC(C)C. The van der Waals surface area contributed by atoms with Gasteiger partial charge in [-0.1, -0.05) is 20.8 Å². The molecule has 0 aromatic heterocycles. The van der Waals surface area contributed by atoms with Gasteiger partial charge in [0.25, 0.3) is 0 Å². The van der Waals surface area contributed by atoms with Gasteiger partial charge in [-0.3, -0.25) is 0 Å².